The van der Waals surface area contributed by atoms with Gasteiger partial charge in [0.15, 0.2) is 0 Å². The van der Waals surface area contributed by atoms with E-state index in [1.807, 2.05) is 31.2 Å². The third-order valence-corrected chi connectivity index (χ3v) is 2.61. The number of hydrogen-bond donors (Lipinski definition) is 1. The minimum Gasteiger partial charge on any atom is -0.399 e. The van der Waals surface area contributed by atoms with Crippen LogP contribution in [0.15, 0.2) is 24.3 Å². The van der Waals surface area contributed by atoms with Crippen molar-refractivity contribution in [1.29, 1.82) is 0 Å². The van der Waals surface area contributed by atoms with Crippen molar-refractivity contribution in [2.24, 2.45) is 0 Å². The van der Waals surface area contributed by atoms with Crippen LogP contribution in [0.25, 0.3) is 0 Å². The number of carbonyl (C=O) groups excluding carboxylic acids is 1. The van der Waals surface area contributed by atoms with Crippen LogP contribution in [0.3, 0.4) is 0 Å². The molecule has 16 heavy (non-hydrogen) atoms. The number of nitrogens with zero attached hydrogens (tertiary/aromatic N) is 1. The Balaban J connectivity index is 2.62. The summed E-state index contributed by atoms with van der Waals surface area (Å²) in [7, 11) is 3.09. The molecule has 0 aromatic heterocycles. The number of nitrogen functional groups attached to an aromatic ring is 1. The van der Waals surface area contributed by atoms with E-state index in [2.05, 4.69) is 0 Å². The summed E-state index contributed by atoms with van der Waals surface area (Å²) in [5.41, 5.74) is 7.44. The first-order chi connectivity index (χ1) is 7.54. The number of anilines is 1. The highest BCUT2D eigenvalue weighted by molar-refractivity contribution is 5.75. The van der Waals surface area contributed by atoms with Gasteiger partial charge < -0.3 is 5.73 Å². The molecule has 1 atom stereocenters. The van der Waals surface area contributed by atoms with Crippen molar-refractivity contribution in [3.05, 3.63) is 29.8 Å². The SMILES string of the molecule is CON(C)C(=O)CC(C)c1ccc(N)cc1. The second kappa shape index (κ2) is 5.51. The van der Waals surface area contributed by atoms with Crippen LogP contribution in [0.4, 0.5) is 5.69 Å². The summed E-state index contributed by atoms with van der Waals surface area (Å²) in [6.07, 6.45) is 0.425. The quantitative estimate of drug-likeness (QED) is 0.624. The van der Waals surface area contributed by atoms with E-state index in [0.717, 1.165) is 11.3 Å². The van der Waals surface area contributed by atoms with Crippen LogP contribution in [0.1, 0.15) is 24.8 Å². The Morgan fingerprint density at radius 1 is 1.44 bits per heavy atom. The van der Waals surface area contributed by atoms with Gasteiger partial charge in [-0.15, -0.1) is 0 Å². The predicted molar refractivity (Wildman–Crippen MR) is 63.7 cm³/mol. The van der Waals surface area contributed by atoms with Crippen LogP contribution in [0.2, 0.25) is 0 Å². The zero-order valence-electron chi connectivity index (χ0n) is 9.93. The molecule has 1 unspecified atom stereocenters. The van der Waals surface area contributed by atoms with Crippen LogP contribution in [0.5, 0.6) is 0 Å². The van der Waals surface area contributed by atoms with Crippen LogP contribution >= 0.6 is 0 Å². The van der Waals surface area contributed by atoms with E-state index < -0.39 is 0 Å². The second-order valence-corrected chi connectivity index (χ2v) is 3.85. The zero-order chi connectivity index (χ0) is 12.1. The molecule has 0 saturated heterocycles. The van der Waals surface area contributed by atoms with E-state index in [-0.39, 0.29) is 11.8 Å². The average Bonchev–Trinajstić information content (AvgIpc) is 2.28. The fourth-order valence-electron chi connectivity index (χ4n) is 1.43. The van der Waals surface area contributed by atoms with Gasteiger partial charge in [0, 0.05) is 19.2 Å². The molecular formula is C12H18N2O2. The van der Waals surface area contributed by atoms with E-state index >= 15 is 0 Å². The third-order valence-electron chi connectivity index (χ3n) is 2.61. The summed E-state index contributed by atoms with van der Waals surface area (Å²) in [5.74, 6) is 0.123. The molecule has 1 rings (SSSR count). The molecule has 0 aliphatic heterocycles. The van der Waals surface area contributed by atoms with Crippen molar-refractivity contribution in [3.63, 3.8) is 0 Å². The number of amides is 1. The Labute approximate surface area is 95.9 Å². The maximum absolute atomic E-state index is 11.6. The Bertz CT molecular complexity index is 349. The lowest BCUT2D eigenvalue weighted by Gasteiger charge is -2.17. The largest absolute Gasteiger partial charge is 0.399 e. The maximum atomic E-state index is 11.6. The first-order valence-corrected chi connectivity index (χ1v) is 5.20. The predicted octanol–water partition coefficient (Wildman–Crippen LogP) is 1.78. The number of nitrogens with two attached hydrogens (primary N) is 1. The Morgan fingerprint density at radius 3 is 2.50 bits per heavy atom. The Hall–Kier alpha value is -1.55. The van der Waals surface area contributed by atoms with Crippen LogP contribution in [-0.4, -0.2) is 25.1 Å². The molecule has 0 heterocycles. The van der Waals surface area contributed by atoms with E-state index in [1.54, 1.807) is 7.05 Å². The second-order valence-electron chi connectivity index (χ2n) is 3.85. The van der Waals surface area contributed by atoms with Gasteiger partial charge in [0.05, 0.1) is 7.11 Å². The van der Waals surface area contributed by atoms with Gasteiger partial charge in [0.25, 0.3) is 0 Å². The Kier molecular flexibility index (Phi) is 4.31. The maximum Gasteiger partial charge on any atom is 0.246 e. The summed E-state index contributed by atoms with van der Waals surface area (Å²) < 4.78 is 0. The van der Waals surface area contributed by atoms with Gasteiger partial charge in [0.2, 0.25) is 5.91 Å². The summed E-state index contributed by atoms with van der Waals surface area (Å²) >= 11 is 0. The van der Waals surface area contributed by atoms with Gasteiger partial charge in [-0.2, -0.15) is 0 Å². The summed E-state index contributed by atoms with van der Waals surface area (Å²) in [5, 5.41) is 1.24. The normalized spacial score (nSPS) is 12.2. The third kappa shape index (κ3) is 3.24. The highest BCUT2D eigenvalue weighted by Gasteiger charge is 2.14. The summed E-state index contributed by atoms with van der Waals surface area (Å²) in [6.45, 7) is 2.01. The molecule has 0 spiro atoms. The molecule has 0 bridgehead atoms. The van der Waals surface area contributed by atoms with Crippen molar-refractivity contribution in [2.75, 3.05) is 19.9 Å². The van der Waals surface area contributed by atoms with E-state index in [1.165, 1.54) is 12.2 Å². The minimum atomic E-state index is -0.0353. The van der Waals surface area contributed by atoms with E-state index in [9.17, 15) is 4.79 Å². The molecule has 4 heteroatoms. The van der Waals surface area contributed by atoms with Crippen molar-refractivity contribution in [3.8, 4) is 0 Å². The summed E-state index contributed by atoms with van der Waals surface area (Å²) in [6, 6.07) is 7.58. The first kappa shape index (κ1) is 12.5. The molecule has 2 N–H and O–H groups in total. The number of hydroxylamine groups is 2. The van der Waals surface area contributed by atoms with Crippen molar-refractivity contribution < 1.29 is 9.63 Å². The van der Waals surface area contributed by atoms with Crippen molar-refractivity contribution in [2.45, 2.75) is 19.3 Å². The van der Waals surface area contributed by atoms with Gasteiger partial charge in [-0.1, -0.05) is 19.1 Å². The summed E-state index contributed by atoms with van der Waals surface area (Å²) in [4.78, 5) is 16.4. The topological polar surface area (TPSA) is 55.6 Å². The molecule has 0 aliphatic rings. The van der Waals surface area contributed by atoms with Crippen LogP contribution < -0.4 is 5.73 Å². The molecule has 1 aromatic rings. The average molecular weight is 222 g/mol. The molecule has 1 amide bonds. The van der Waals surface area contributed by atoms with E-state index in [4.69, 9.17) is 10.6 Å². The highest BCUT2D eigenvalue weighted by Crippen LogP contribution is 2.20. The van der Waals surface area contributed by atoms with Gasteiger partial charge >= 0.3 is 0 Å². The van der Waals surface area contributed by atoms with Crippen molar-refractivity contribution >= 4 is 11.6 Å². The van der Waals surface area contributed by atoms with Crippen LogP contribution in [-0.2, 0) is 9.63 Å². The molecule has 0 aliphatic carbocycles. The first-order valence-electron chi connectivity index (χ1n) is 5.20. The molecule has 88 valence electrons. The van der Waals surface area contributed by atoms with Gasteiger partial charge in [-0.05, 0) is 23.6 Å². The molecule has 1 aromatic carbocycles. The van der Waals surface area contributed by atoms with Gasteiger partial charge in [-0.25, -0.2) is 5.06 Å². The number of hydrogen-bond acceptors (Lipinski definition) is 3. The molecule has 0 radical (unpaired) electrons. The van der Waals surface area contributed by atoms with Gasteiger partial charge in [-0.3, -0.25) is 9.63 Å². The Morgan fingerprint density at radius 2 is 2.00 bits per heavy atom. The molecule has 4 nitrogen and oxygen atoms in total. The fourth-order valence-corrected chi connectivity index (χ4v) is 1.43. The molecular weight excluding hydrogens is 204 g/mol. The van der Waals surface area contributed by atoms with E-state index in [0.29, 0.717) is 6.42 Å². The zero-order valence-corrected chi connectivity index (χ0v) is 9.93. The van der Waals surface area contributed by atoms with Gasteiger partial charge in [0.1, 0.15) is 0 Å². The lowest BCUT2D eigenvalue weighted by molar-refractivity contribution is -0.169. The smallest absolute Gasteiger partial charge is 0.246 e. The lowest BCUT2D eigenvalue weighted by atomic mass is 9.97. The highest BCUT2D eigenvalue weighted by atomic mass is 16.7. The fraction of sp³-hybridized carbons (Fsp3) is 0.417. The number of benzene rings is 1. The number of rotatable bonds is 4. The molecule has 0 saturated carbocycles. The minimum absolute atomic E-state index is 0.0353. The monoisotopic (exact) mass is 222 g/mol. The number of carbonyl (C=O) groups is 1. The standard InChI is InChI=1S/C12H18N2O2/c1-9(8-12(15)14(2)16-3)10-4-6-11(13)7-5-10/h4-7,9H,8,13H2,1-3H3. The van der Waals surface area contributed by atoms with Crippen molar-refractivity contribution in [1.82, 2.24) is 5.06 Å². The van der Waals surface area contributed by atoms with Crippen LogP contribution in [0, 0.1) is 0 Å². The lowest BCUT2D eigenvalue weighted by Crippen LogP contribution is -2.26. The molecule has 0 fully saturated rings.